The Morgan fingerprint density at radius 3 is 1.90 bits per heavy atom. The van der Waals surface area contributed by atoms with Crippen molar-refractivity contribution in [2.24, 2.45) is 28.9 Å². The Morgan fingerprint density at radius 2 is 1.27 bits per heavy atom. The average molecular weight is 1300 g/mol. The molecule has 6 rings (SSSR count). The summed E-state index contributed by atoms with van der Waals surface area (Å²) in [5.74, 6) is -11.9. The number of amides is 10. The number of aromatic amines is 1. The zero-order chi connectivity index (χ0) is 68.6. The number of aliphatic hydroxyl groups excluding tert-OH is 1. The SMILES string of the molecule is CC(C)C[C@@H](C(=O)N[C@@H](CCCNC(=N)N)C(=O)N1CCC[C@H]1C(=O)NCC(N)=O)N(C(=O)[C@H](N)Cc1ccc2ccccc2c1)C(=O)[C@H](Cc1ccc(O)cc1)NC(=O)[C@H](CO)NC(=O)[C@H](Cc1ccccc1)NC(=O)[C@H](Cc1c[nH]cn1)NC(=O)[C@@H](N)CCC(=O)O. The zero-order valence-electron chi connectivity index (χ0n) is 52.3. The summed E-state index contributed by atoms with van der Waals surface area (Å²) in [5.41, 5.74) is 25.3. The van der Waals surface area contributed by atoms with E-state index in [9.17, 15) is 53.7 Å². The van der Waals surface area contributed by atoms with Gasteiger partial charge in [-0.25, -0.2) is 4.98 Å². The first-order valence-electron chi connectivity index (χ1n) is 30.8. The van der Waals surface area contributed by atoms with E-state index in [1.165, 1.54) is 41.7 Å². The average Bonchev–Trinajstić information content (AvgIpc) is 1.02. The first-order chi connectivity index (χ1) is 44.8. The summed E-state index contributed by atoms with van der Waals surface area (Å²) in [7, 11) is 0. The lowest BCUT2D eigenvalue weighted by molar-refractivity contribution is -0.156. The number of carbonyl (C=O) groups excluding carboxylic acids is 10. The molecule has 4 aromatic carbocycles. The molecule has 0 spiro atoms. The molecule has 0 bridgehead atoms. The second-order valence-corrected chi connectivity index (χ2v) is 23.4. The fourth-order valence-electron chi connectivity index (χ4n) is 10.7. The van der Waals surface area contributed by atoms with Gasteiger partial charge in [0.1, 0.15) is 48.0 Å². The van der Waals surface area contributed by atoms with E-state index in [-0.39, 0.29) is 81.7 Å². The zero-order valence-corrected chi connectivity index (χ0v) is 52.3. The Balaban J connectivity index is 1.38. The van der Waals surface area contributed by atoms with Crippen LogP contribution in [-0.2, 0) is 78.4 Å². The van der Waals surface area contributed by atoms with Crippen LogP contribution >= 0.6 is 0 Å². The molecule has 1 fully saturated rings. The maximum atomic E-state index is 16.0. The molecule has 1 aliphatic rings. The van der Waals surface area contributed by atoms with Gasteiger partial charge in [-0.05, 0) is 90.5 Å². The Bertz CT molecular complexity index is 3470. The van der Waals surface area contributed by atoms with Crippen LogP contribution in [0.1, 0.15) is 81.2 Å². The summed E-state index contributed by atoms with van der Waals surface area (Å²) >= 11 is 0. The number of hydrogen-bond acceptors (Lipinski definition) is 17. The molecule has 2 heterocycles. The molecule has 10 amide bonds. The topological polar surface area (TPSA) is 496 Å². The number of benzene rings is 4. The number of carboxylic acids is 1. The van der Waals surface area contributed by atoms with E-state index in [2.05, 4.69) is 47.2 Å². The van der Waals surface area contributed by atoms with Crippen molar-refractivity contribution in [2.45, 2.75) is 139 Å². The molecule has 30 heteroatoms. The maximum absolute atomic E-state index is 16.0. The highest BCUT2D eigenvalue weighted by Gasteiger charge is 2.44. The molecule has 1 saturated heterocycles. The number of imidazole rings is 1. The van der Waals surface area contributed by atoms with E-state index >= 15 is 14.4 Å². The summed E-state index contributed by atoms with van der Waals surface area (Å²) in [6.45, 7) is 1.87. The number of nitrogens with one attached hydrogen (secondary N) is 9. The van der Waals surface area contributed by atoms with Gasteiger partial charge < -0.3 is 85.4 Å². The number of aliphatic carboxylic acids is 1. The first kappa shape index (κ1) is 72.7. The molecular formula is C64H84N16O14. The summed E-state index contributed by atoms with van der Waals surface area (Å²) < 4.78 is 0. The number of nitrogens with zero attached hydrogens (tertiary/aromatic N) is 3. The van der Waals surface area contributed by atoms with Crippen molar-refractivity contribution < 1.29 is 68.1 Å². The summed E-state index contributed by atoms with van der Waals surface area (Å²) in [4.78, 5) is 164. The molecule has 0 radical (unpaired) electrons. The van der Waals surface area contributed by atoms with E-state index < -0.39 is 151 Å². The van der Waals surface area contributed by atoms with Crippen molar-refractivity contribution in [1.82, 2.24) is 57.0 Å². The second kappa shape index (κ2) is 35.5. The molecule has 20 N–H and O–H groups in total. The number of likely N-dealkylation sites (tertiary alicyclic amines) is 1. The van der Waals surface area contributed by atoms with Crippen LogP contribution in [0.15, 0.2) is 110 Å². The Kier molecular flexibility index (Phi) is 27.4. The molecule has 0 aliphatic carbocycles. The first-order valence-corrected chi connectivity index (χ1v) is 30.8. The fraction of sp³-hybridized carbons (Fsp3) is 0.422. The third-order valence-electron chi connectivity index (χ3n) is 15.6. The van der Waals surface area contributed by atoms with Crippen molar-refractivity contribution in [3.8, 4) is 5.75 Å². The predicted molar refractivity (Wildman–Crippen MR) is 343 cm³/mol. The second-order valence-electron chi connectivity index (χ2n) is 23.4. The lowest BCUT2D eigenvalue weighted by Gasteiger charge is -2.36. The summed E-state index contributed by atoms with van der Waals surface area (Å²) in [6.07, 6.45) is 1.18. The van der Waals surface area contributed by atoms with Crippen molar-refractivity contribution in [3.05, 3.63) is 132 Å². The van der Waals surface area contributed by atoms with Crippen LogP contribution in [0.25, 0.3) is 10.8 Å². The third-order valence-corrected chi connectivity index (χ3v) is 15.6. The molecule has 504 valence electrons. The number of fused-ring (bicyclic) bond motifs is 1. The maximum Gasteiger partial charge on any atom is 0.303 e. The number of rotatable bonds is 35. The highest BCUT2D eigenvalue weighted by atomic mass is 16.4. The molecule has 5 aromatic rings. The Morgan fingerprint density at radius 1 is 0.670 bits per heavy atom. The van der Waals surface area contributed by atoms with Gasteiger partial charge in [0.2, 0.25) is 53.2 Å². The molecule has 0 saturated carbocycles. The van der Waals surface area contributed by atoms with Gasteiger partial charge in [0.05, 0.1) is 37.3 Å². The minimum absolute atomic E-state index is 0.0526. The van der Waals surface area contributed by atoms with Gasteiger partial charge in [-0.2, -0.15) is 0 Å². The standard InChI is InChI=1S/C64H84N16O14/c1-36(2)26-52(60(91)74-46(14-8-24-71-64(68)69)62(93)79-25-9-15-51(79)59(90)72-33-53(67)83)80(61(92)45(66)28-39-16-19-40-12-6-7-13-41(40)27-39)63(94)49(30-38-17-20-43(82)21-18-38)77-58(89)50(34-81)78-56(87)47(29-37-10-4-3-5-11-37)76-57(88)48(31-42-32-70-35-73-42)75-55(86)44(65)22-23-54(84)85/h3-7,10-13,16-21,27,32,35-36,44-52,81-82H,8-9,14-15,22-26,28-31,33-34,65-66H2,1-2H3,(H2,67,83)(H,70,73)(H,72,90)(H,74,91)(H,75,86)(H,76,88)(H,77,89)(H,78,87)(H,84,85)(H4,68,69,71)/t44-,45+,46-,47-,48-,49-,50-,51-,52-/m0/s1. The minimum Gasteiger partial charge on any atom is -0.508 e. The van der Waals surface area contributed by atoms with Crippen molar-refractivity contribution in [2.75, 3.05) is 26.2 Å². The van der Waals surface area contributed by atoms with Crippen LogP contribution < -0.4 is 60.2 Å². The molecule has 30 nitrogen and oxygen atoms in total. The minimum atomic E-state index is -1.92. The van der Waals surface area contributed by atoms with E-state index in [1.807, 2.05) is 30.3 Å². The van der Waals surface area contributed by atoms with Gasteiger partial charge in [0, 0.05) is 45.0 Å². The van der Waals surface area contributed by atoms with Crippen molar-refractivity contribution >= 4 is 81.8 Å². The van der Waals surface area contributed by atoms with Crippen molar-refractivity contribution in [3.63, 3.8) is 0 Å². The molecule has 1 aromatic heterocycles. The number of imide groups is 1. The van der Waals surface area contributed by atoms with Gasteiger partial charge in [-0.15, -0.1) is 0 Å². The summed E-state index contributed by atoms with van der Waals surface area (Å²) in [6, 6.07) is 12.4. The number of hydrogen-bond donors (Lipinski definition) is 16. The van der Waals surface area contributed by atoms with E-state index in [0.717, 1.165) is 10.8 Å². The lowest BCUT2D eigenvalue weighted by Crippen LogP contribution is -2.64. The van der Waals surface area contributed by atoms with Crippen LogP contribution in [0.5, 0.6) is 5.75 Å². The predicted octanol–water partition coefficient (Wildman–Crippen LogP) is -1.90. The molecule has 9 atom stereocenters. The largest absolute Gasteiger partial charge is 0.508 e. The number of nitrogens with two attached hydrogens (primary N) is 4. The molecule has 0 unspecified atom stereocenters. The van der Waals surface area contributed by atoms with E-state index in [0.29, 0.717) is 28.1 Å². The number of aliphatic hydroxyl groups is 1. The number of H-pyrrole nitrogens is 1. The highest BCUT2D eigenvalue weighted by Crippen LogP contribution is 2.24. The van der Waals surface area contributed by atoms with Crippen LogP contribution in [-0.4, -0.2) is 187 Å². The molecule has 94 heavy (non-hydrogen) atoms. The van der Waals surface area contributed by atoms with Gasteiger partial charge >= 0.3 is 5.97 Å². The van der Waals surface area contributed by atoms with Crippen LogP contribution in [0.2, 0.25) is 0 Å². The van der Waals surface area contributed by atoms with Crippen LogP contribution in [0.4, 0.5) is 0 Å². The monoisotopic (exact) mass is 1300 g/mol. The summed E-state index contributed by atoms with van der Waals surface area (Å²) in [5, 5.41) is 57.8. The number of carbonyl (C=O) groups is 11. The highest BCUT2D eigenvalue weighted by molar-refractivity contribution is 6.06. The number of guanidine groups is 1. The number of aromatic hydroxyl groups is 1. The molecular weight excluding hydrogens is 1220 g/mol. The van der Waals surface area contributed by atoms with Gasteiger partial charge in [-0.3, -0.25) is 63.0 Å². The van der Waals surface area contributed by atoms with Gasteiger partial charge in [0.15, 0.2) is 5.96 Å². The normalized spacial score (nSPS) is 15.3. The Labute approximate surface area is 542 Å². The van der Waals surface area contributed by atoms with E-state index in [4.69, 9.17) is 28.3 Å². The third kappa shape index (κ3) is 21.9. The number of phenolic OH excluding ortho intramolecular Hbond substituents is 1. The van der Waals surface area contributed by atoms with Crippen LogP contribution in [0, 0.1) is 11.3 Å². The smallest absolute Gasteiger partial charge is 0.303 e. The van der Waals surface area contributed by atoms with E-state index in [1.54, 1.807) is 56.3 Å². The number of aromatic nitrogens is 2. The van der Waals surface area contributed by atoms with Gasteiger partial charge in [-0.1, -0.05) is 98.8 Å². The number of carboxylic acid groups (broad SMARTS) is 1. The lowest BCUT2D eigenvalue weighted by atomic mass is 9.96. The van der Waals surface area contributed by atoms with Gasteiger partial charge in [0.25, 0.3) is 5.91 Å². The fourth-order valence-corrected chi connectivity index (χ4v) is 10.7. The number of primary amides is 1. The Hall–Kier alpha value is -10.3. The van der Waals surface area contributed by atoms with Crippen LogP contribution in [0.3, 0.4) is 0 Å². The quantitative estimate of drug-likeness (QED) is 0.0120. The number of phenols is 1. The van der Waals surface area contributed by atoms with Crippen molar-refractivity contribution in [1.29, 1.82) is 5.41 Å². The molecule has 1 aliphatic heterocycles.